The van der Waals surface area contributed by atoms with Crippen molar-refractivity contribution >= 4 is 11.9 Å². The molecule has 0 bridgehead atoms. The largest absolute Gasteiger partial charge is 0.549 e. The van der Waals surface area contributed by atoms with E-state index in [2.05, 4.69) is 5.32 Å². The summed E-state index contributed by atoms with van der Waals surface area (Å²) in [6.07, 6.45) is 0.0904. The summed E-state index contributed by atoms with van der Waals surface area (Å²) in [5, 5.41) is 13.1. The van der Waals surface area contributed by atoms with Crippen LogP contribution in [0.3, 0.4) is 0 Å². The van der Waals surface area contributed by atoms with Crippen LogP contribution >= 0.6 is 0 Å². The number of rotatable bonds is 7. The molecule has 0 radical (unpaired) electrons. The fourth-order valence-corrected chi connectivity index (χ4v) is 1.52. The van der Waals surface area contributed by atoms with Gasteiger partial charge >= 0.3 is 5.97 Å². The number of aliphatic carboxylic acids is 1. The van der Waals surface area contributed by atoms with Crippen LogP contribution in [0.15, 0.2) is 30.3 Å². The fraction of sp³-hybridized carbons (Fsp3) is 0.429. The number of nitrogens with one attached hydrogen (secondary N) is 1. The van der Waals surface area contributed by atoms with Crippen molar-refractivity contribution in [3.8, 4) is 0 Å². The topological polar surface area (TPSA) is 78.5 Å². The third kappa shape index (κ3) is 6.57. The van der Waals surface area contributed by atoms with Gasteiger partial charge in [-0.1, -0.05) is 30.3 Å². The fourth-order valence-electron chi connectivity index (χ4n) is 1.52. The molecule has 5 heteroatoms. The van der Waals surface area contributed by atoms with E-state index >= 15 is 0 Å². The molecule has 0 saturated carbocycles. The van der Waals surface area contributed by atoms with E-state index in [0.29, 0.717) is 0 Å². The molecule has 1 N–H and O–H groups in total. The van der Waals surface area contributed by atoms with Gasteiger partial charge in [0.1, 0.15) is 6.61 Å². The molecule has 0 heterocycles. The highest BCUT2D eigenvalue weighted by Crippen LogP contribution is 2.10. The van der Waals surface area contributed by atoms with E-state index in [4.69, 9.17) is 4.74 Å². The minimum absolute atomic E-state index is 0.0904. The summed E-state index contributed by atoms with van der Waals surface area (Å²) in [6, 6.07) is 9.36. The van der Waals surface area contributed by atoms with Gasteiger partial charge in [-0.25, -0.2) is 0 Å². The molecule has 0 saturated heterocycles. The van der Waals surface area contributed by atoms with Gasteiger partial charge in [-0.15, -0.1) is 0 Å². The number of ether oxygens (including phenoxy) is 1. The minimum atomic E-state index is -1.20. The van der Waals surface area contributed by atoms with Crippen LogP contribution in [0.4, 0.5) is 0 Å². The molecule has 0 aliphatic rings. The van der Waals surface area contributed by atoms with Gasteiger partial charge in [0, 0.05) is 12.1 Å². The van der Waals surface area contributed by atoms with Gasteiger partial charge < -0.3 is 20.0 Å². The Labute approximate surface area is 112 Å². The summed E-state index contributed by atoms with van der Waals surface area (Å²) in [4.78, 5) is 22.0. The zero-order chi connectivity index (χ0) is 14.3. The monoisotopic (exact) mass is 264 g/mol. The number of hydrogen-bond donors (Lipinski definition) is 1. The number of carboxylic acids is 1. The van der Waals surface area contributed by atoms with Crippen LogP contribution in [-0.2, 0) is 20.9 Å². The van der Waals surface area contributed by atoms with Crippen molar-refractivity contribution in [2.24, 2.45) is 0 Å². The molecular formula is C14H18NO4-. The standard InChI is InChI=1S/C14H19NO4/c1-14(2,15-9-12(16)17)8-13(18)19-10-11-6-4-3-5-7-11/h3-7,15H,8-10H2,1-2H3,(H,16,17)/p-1. The quantitative estimate of drug-likeness (QED) is 0.714. The zero-order valence-electron chi connectivity index (χ0n) is 11.1. The van der Waals surface area contributed by atoms with Crippen LogP contribution in [0.1, 0.15) is 25.8 Å². The molecule has 0 atom stereocenters. The van der Waals surface area contributed by atoms with E-state index in [1.807, 2.05) is 30.3 Å². The highest BCUT2D eigenvalue weighted by molar-refractivity contribution is 5.71. The van der Waals surface area contributed by atoms with Crippen molar-refractivity contribution in [2.75, 3.05) is 6.54 Å². The second-order valence-electron chi connectivity index (χ2n) is 4.93. The first kappa shape index (κ1) is 15.2. The summed E-state index contributed by atoms with van der Waals surface area (Å²) in [5.41, 5.74) is 0.268. The molecule has 0 spiro atoms. The lowest BCUT2D eigenvalue weighted by molar-refractivity contribution is -0.304. The van der Waals surface area contributed by atoms with Crippen molar-refractivity contribution in [3.63, 3.8) is 0 Å². The molecule has 0 unspecified atom stereocenters. The third-order valence-corrected chi connectivity index (χ3v) is 2.54. The maximum Gasteiger partial charge on any atom is 0.307 e. The Hall–Kier alpha value is -1.88. The minimum Gasteiger partial charge on any atom is -0.549 e. The van der Waals surface area contributed by atoms with E-state index in [1.54, 1.807) is 13.8 Å². The molecule has 1 rings (SSSR count). The van der Waals surface area contributed by atoms with Crippen molar-refractivity contribution in [2.45, 2.75) is 32.4 Å². The lowest BCUT2D eigenvalue weighted by Gasteiger charge is -2.25. The Morgan fingerprint density at radius 2 is 1.89 bits per heavy atom. The number of carbonyl (C=O) groups excluding carboxylic acids is 2. The van der Waals surface area contributed by atoms with Crippen molar-refractivity contribution in [1.29, 1.82) is 0 Å². The van der Waals surface area contributed by atoms with Gasteiger partial charge in [0.25, 0.3) is 0 Å². The average Bonchev–Trinajstić information content (AvgIpc) is 2.35. The first-order chi connectivity index (χ1) is 8.89. The summed E-state index contributed by atoms with van der Waals surface area (Å²) in [7, 11) is 0. The Kier molecular flexibility index (Phi) is 5.51. The molecule has 104 valence electrons. The predicted octanol–water partition coefficient (Wildman–Crippen LogP) is 0.238. The summed E-state index contributed by atoms with van der Waals surface area (Å²) in [5.74, 6) is -1.58. The van der Waals surface area contributed by atoms with Crippen molar-refractivity contribution in [3.05, 3.63) is 35.9 Å². The Morgan fingerprint density at radius 3 is 2.47 bits per heavy atom. The number of esters is 1. The lowest BCUT2D eigenvalue weighted by atomic mass is 10.0. The van der Waals surface area contributed by atoms with Gasteiger partial charge in [-0.05, 0) is 19.4 Å². The van der Waals surface area contributed by atoms with Gasteiger partial charge in [0.05, 0.1) is 12.4 Å². The van der Waals surface area contributed by atoms with Gasteiger partial charge in [0.15, 0.2) is 0 Å². The molecule has 0 aliphatic carbocycles. The molecule has 0 aliphatic heterocycles. The summed E-state index contributed by atoms with van der Waals surface area (Å²) < 4.78 is 5.13. The van der Waals surface area contributed by atoms with Crippen LogP contribution in [0.25, 0.3) is 0 Å². The van der Waals surface area contributed by atoms with E-state index in [0.717, 1.165) is 5.56 Å². The highest BCUT2D eigenvalue weighted by atomic mass is 16.5. The van der Waals surface area contributed by atoms with Crippen molar-refractivity contribution in [1.82, 2.24) is 5.32 Å². The van der Waals surface area contributed by atoms with E-state index in [-0.39, 0.29) is 25.5 Å². The third-order valence-electron chi connectivity index (χ3n) is 2.54. The van der Waals surface area contributed by atoms with E-state index in [9.17, 15) is 14.7 Å². The Morgan fingerprint density at radius 1 is 1.26 bits per heavy atom. The molecule has 0 amide bonds. The van der Waals surface area contributed by atoms with E-state index in [1.165, 1.54) is 0 Å². The molecule has 1 aromatic rings. The van der Waals surface area contributed by atoms with E-state index < -0.39 is 11.5 Å². The Balaban J connectivity index is 2.36. The SMILES string of the molecule is CC(C)(CC(=O)OCc1ccccc1)NCC(=O)[O-]. The molecule has 19 heavy (non-hydrogen) atoms. The van der Waals surface area contributed by atoms with Crippen LogP contribution in [0.2, 0.25) is 0 Å². The molecule has 5 nitrogen and oxygen atoms in total. The first-order valence-corrected chi connectivity index (χ1v) is 6.03. The summed E-state index contributed by atoms with van der Waals surface area (Å²) >= 11 is 0. The maximum absolute atomic E-state index is 11.7. The number of benzene rings is 1. The maximum atomic E-state index is 11.7. The highest BCUT2D eigenvalue weighted by Gasteiger charge is 2.22. The molecule has 0 fully saturated rings. The average molecular weight is 264 g/mol. The Bertz CT molecular complexity index is 428. The predicted molar refractivity (Wildman–Crippen MR) is 67.9 cm³/mol. The normalized spacial score (nSPS) is 11.1. The number of carbonyl (C=O) groups is 2. The lowest BCUT2D eigenvalue weighted by Crippen LogP contribution is -2.47. The first-order valence-electron chi connectivity index (χ1n) is 6.03. The summed E-state index contributed by atoms with van der Waals surface area (Å²) in [6.45, 7) is 3.40. The second-order valence-corrected chi connectivity index (χ2v) is 4.93. The second kappa shape index (κ2) is 6.89. The van der Waals surface area contributed by atoms with Crippen LogP contribution in [-0.4, -0.2) is 24.0 Å². The number of carboxylic acid groups (broad SMARTS) is 1. The zero-order valence-corrected chi connectivity index (χ0v) is 11.1. The molecule has 1 aromatic carbocycles. The van der Waals surface area contributed by atoms with Crippen LogP contribution in [0, 0.1) is 0 Å². The van der Waals surface area contributed by atoms with Gasteiger partial charge in [0.2, 0.25) is 0 Å². The van der Waals surface area contributed by atoms with Crippen molar-refractivity contribution < 1.29 is 19.4 Å². The van der Waals surface area contributed by atoms with Crippen LogP contribution < -0.4 is 10.4 Å². The molecule has 0 aromatic heterocycles. The van der Waals surface area contributed by atoms with Gasteiger partial charge in [-0.3, -0.25) is 4.79 Å². The molecular weight excluding hydrogens is 246 g/mol. The smallest absolute Gasteiger partial charge is 0.307 e. The van der Waals surface area contributed by atoms with Crippen LogP contribution in [0.5, 0.6) is 0 Å². The van der Waals surface area contributed by atoms with Gasteiger partial charge in [-0.2, -0.15) is 0 Å². The number of hydrogen-bond acceptors (Lipinski definition) is 5.